The molecule has 2 rings (SSSR count). The van der Waals surface area contributed by atoms with Gasteiger partial charge in [0.15, 0.2) is 0 Å². The molecular formula is C16H23FN2O. The smallest absolute Gasteiger partial charge is 0.227 e. The maximum Gasteiger partial charge on any atom is 0.227 e. The molecule has 1 unspecified atom stereocenters. The zero-order chi connectivity index (χ0) is 14.5. The van der Waals surface area contributed by atoms with Gasteiger partial charge in [-0.3, -0.25) is 4.79 Å². The van der Waals surface area contributed by atoms with Crippen LogP contribution in [0.1, 0.15) is 25.8 Å². The summed E-state index contributed by atoms with van der Waals surface area (Å²) in [5.41, 5.74) is 0.873. The fourth-order valence-electron chi connectivity index (χ4n) is 2.72. The van der Waals surface area contributed by atoms with Gasteiger partial charge in [-0.25, -0.2) is 4.39 Å². The first-order chi connectivity index (χ1) is 9.56. The van der Waals surface area contributed by atoms with Gasteiger partial charge >= 0.3 is 0 Å². The summed E-state index contributed by atoms with van der Waals surface area (Å²) in [5.74, 6) is 0.450. The van der Waals surface area contributed by atoms with Crippen LogP contribution >= 0.6 is 0 Å². The van der Waals surface area contributed by atoms with Crippen LogP contribution in [0.25, 0.3) is 0 Å². The number of halogens is 1. The third kappa shape index (κ3) is 4.04. The lowest BCUT2D eigenvalue weighted by Gasteiger charge is -2.37. The summed E-state index contributed by atoms with van der Waals surface area (Å²) < 4.78 is 12.9. The van der Waals surface area contributed by atoms with Crippen molar-refractivity contribution in [3.8, 4) is 0 Å². The predicted molar refractivity (Wildman–Crippen MR) is 77.9 cm³/mol. The molecule has 1 aromatic carbocycles. The van der Waals surface area contributed by atoms with E-state index in [9.17, 15) is 9.18 Å². The van der Waals surface area contributed by atoms with E-state index in [4.69, 9.17) is 0 Å². The number of carbonyl (C=O) groups excluding carboxylic acids is 1. The number of hydrogen-bond donors (Lipinski definition) is 1. The molecule has 0 spiro atoms. The number of carbonyl (C=O) groups is 1. The lowest BCUT2D eigenvalue weighted by Crippen LogP contribution is -2.54. The topological polar surface area (TPSA) is 32.3 Å². The van der Waals surface area contributed by atoms with E-state index in [0.717, 1.165) is 31.6 Å². The molecule has 0 bridgehead atoms. The van der Waals surface area contributed by atoms with Crippen LogP contribution in [0.15, 0.2) is 24.3 Å². The van der Waals surface area contributed by atoms with Crippen LogP contribution in [-0.2, 0) is 11.2 Å². The lowest BCUT2D eigenvalue weighted by molar-refractivity contribution is -0.134. The minimum atomic E-state index is -0.263. The first-order valence-corrected chi connectivity index (χ1v) is 7.31. The van der Waals surface area contributed by atoms with Crippen molar-refractivity contribution in [3.63, 3.8) is 0 Å². The number of amides is 1. The van der Waals surface area contributed by atoms with Gasteiger partial charge in [-0.05, 0) is 30.0 Å². The average molecular weight is 278 g/mol. The first-order valence-electron chi connectivity index (χ1n) is 7.31. The fraction of sp³-hybridized carbons (Fsp3) is 0.562. The van der Waals surface area contributed by atoms with E-state index in [1.54, 1.807) is 12.1 Å². The number of nitrogens with zero attached hydrogens (tertiary/aromatic N) is 1. The Kier molecular flexibility index (Phi) is 5.12. The van der Waals surface area contributed by atoms with Crippen molar-refractivity contribution in [2.75, 3.05) is 19.6 Å². The average Bonchev–Trinajstić information content (AvgIpc) is 2.41. The van der Waals surface area contributed by atoms with Crippen LogP contribution < -0.4 is 5.32 Å². The highest BCUT2D eigenvalue weighted by atomic mass is 19.1. The summed E-state index contributed by atoms with van der Waals surface area (Å²) in [7, 11) is 0. The molecule has 4 heteroatoms. The number of hydrogen-bond acceptors (Lipinski definition) is 2. The van der Waals surface area contributed by atoms with Crippen molar-refractivity contribution in [1.82, 2.24) is 10.2 Å². The van der Waals surface area contributed by atoms with Crippen molar-refractivity contribution in [1.29, 1.82) is 0 Å². The van der Waals surface area contributed by atoms with Crippen molar-refractivity contribution in [2.45, 2.75) is 32.7 Å². The van der Waals surface area contributed by atoms with Gasteiger partial charge in [0.1, 0.15) is 5.82 Å². The molecule has 0 aromatic heterocycles. The van der Waals surface area contributed by atoms with Crippen LogP contribution in [0.2, 0.25) is 0 Å². The highest BCUT2D eigenvalue weighted by Gasteiger charge is 2.26. The molecule has 1 heterocycles. The van der Waals surface area contributed by atoms with Gasteiger partial charge in [-0.2, -0.15) is 0 Å². The first kappa shape index (κ1) is 15.0. The molecular weight excluding hydrogens is 255 g/mol. The Hall–Kier alpha value is -1.42. The van der Waals surface area contributed by atoms with Crippen molar-refractivity contribution >= 4 is 5.91 Å². The number of piperazine rings is 1. The molecule has 110 valence electrons. The summed E-state index contributed by atoms with van der Waals surface area (Å²) in [6.07, 6.45) is 1.37. The van der Waals surface area contributed by atoms with Gasteiger partial charge in [0.2, 0.25) is 5.91 Å². The second-order valence-electron chi connectivity index (χ2n) is 5.88. The Labute approximate surface area is 120 Å². The van der Waals surface area contributed by atoms with Gasteiger partial charge in [0.25, 0.3) is 0 Å². The second-order valence-corrected chi connectivity index (χ2v) is 5.88. The van der Waals surface area contributed by atoms with E-state index >= 15 is 0 Å². The molecule has 3 nitrogen and oxygen atoms in total. The molecule has 0 aliphatic carbocycles. The van der Waals surface area contributed by atoms with E-state index in [0.29, 0.717) is 12.3 Å². The lowest BCUT2D eigenvalue weighted by atomic mass is 10.00. The van der Waals surface area contributed by atoms with Crippen molar-refractivity contribution in [2.24, 2.45) is 5.92 Å². The van der Waals surface area contributed by atoms with Gasteiger partial charge in [-0.1, -0.05) is 26.0 Å². The Balaban J connectivity index is 2.00. The standard InChI is InChI=1S/C16H23FN2O/c1-12(2)9-15-11-18-7-8-19(15)16(20)10-13-3-5-14(17)6-4-13/h3-6,12,15,18H,7-11H2,1-2H3. The maximum absolute atomic E-state index is 12.9. The highest BCUT2D eigenvalue weighted by Crippen LogP contribution is 2.15. The van der Waals surface area contributed by atoms with Crippen LogP contribution in [0.5, 0.6) is 0 Å². The molecule has 1 N–H and O–H groups in total. The second kappa shape index (κ2) is 6.84. The SMILES string of the molecule is CC(C)CC1CNCCN1C(=O)Cc1ccc(F)cc1. The van der Waals surface area contributed by atoms with Gasteiger partial charge in [0.05, 0.1) is 6.42 Å². The highest BCUT2D eigenvalue weighted by molar-refractivity contribution is 5.79. The Morgan fingerprint density at radius 3 is 2.75 bits per heavy atom. The van der Waals surface area contributed by atoms with Gasteiger partial charge in [-0.15, -0.1) is 0 Å². The van der Waals surface area contributed by atoms with Crippen molar-refractivity contribution < 1.29 is 9.18 Å². The largest absolute Gasteiger partial charge is 0.337 e. The molecule has 1 atom stereocenters. The summed E-state index contributed by atoms with van der Waals surface area (Å²) in [4.78, 5) is 14.4. The Morgan fingerprint density at radius 2 is 2.10 bits per heavy atom. The monoisotopic (exact) mass is 278 g/mol. The number of rotatable bonds is 4. The molecule has 1 amide bonds. The fourth-order valence-corrected chi connectivity index (χ4v) is 2.72. The molecule has 1 fully saturated rings. The normalized spacial score (nSPS) is 19.4. The van der Waals surface area contributed by atoms with Crippen LogP contribution in [-0.4, -0.2) is 36.5 Å². The predicted octanol–water partition coefficient (Wildman–Crippen LogP) is 2.21. The molecule has 1 aliphatic heterocycles. The Morgan fingerprint density at radius 1 is 1.40 bits per heavy atom. The molecule has 1 saturated heterocycles. The summed E-state index contributed by atoms with van der Waals surface area (Å²) in [6, 6.07) is 6.47. The summed E-state index contributed by atoms with van der Waals surface area (Å²) in [5, 5.41) is 3.35. The summed E-state index contributed by atoms with van der Waals surface area (Å²) >= 11 is 0. The molecule has 20 heavy (non-hydrogen) atoms. The van der Waals surface area contributed by atoms with E-state index in [-0.39, 0.29) is 17.8 Å². The van der Waals surface area contributed by atoms with Crippen LogP contribution in [0, 0.1) is 11.7 Å². The quantitative estimate of drug-likeness (QED) is 0.916. The van der Waals surface area contributed by atoms with E-state index in [1.165, 1.54) is 12.1 Å². The van der Waals surface area contributed by atoms with Crippen LogP contribution in [0.4, 0.5) is 4.39 Å². The van der Waals surface area contributed by atoms with E-state index in [2.05, 4.69) is 19.2 Å². The molecule has 1 aromatic rings. The van der Waals surface area contributed by atoms with E-state index < -0.39 is 0 Å². The maximum atomic E-state index is 12.9. The molecule has 0 saturated carbocycles. The molecule has 1 aliphatic rings. The third-order valence-corrected chi connectivity index (χ3v) is 3.68. The summed E-state index contributed by atoms with van der Waals surface area (Å²) in [6.45, 7) is 6.84. The zero-order valence-electron chi connectivity index (χ0n) is 12.2. The minimum Gasteiger partial charge on any atom is -0.337 e. The van der Waals surface area contributed by atoms with Crippen LogP contribution in [0.3, 0.4) is 0 Å². The third-order valence-electron chi connectivity index (χ3n) is 3.68. The number of nitrogens with one attached hydrogen (secondary N) is 1. The van der Waals surface area contributed by atoms with Gasteiger partial charge < -0.3 is 10.2 Å². The minimum absolute atomic E-state index is 0.142. The van der Waals surface area contributed by atoms with Crippen molar-refractivity contribution in [3.05, 3.63) is 35.6 Å². The Bertz CT molecular complexity index is 444. The molecule has 0 radical (unpaired) electrons. The van der Waals surface area contributed by atoms with Gasteiger partial charge in [0, 0.05) is 25.7 Å². The zero-order valence-corrected chi connectivity index (χ0v) is 12.2. The number of benzene rings is 1. The van der Waals surface area contributed by atoms with E-state index in [1.807, 2.05) is 4.90 Å².